The smallest absolute Gasteiger partial charge is 0.182 e. The van der Waals surface area contributed by atoms with E-state index in [2.05, 4.69) is 69.7 Å². The number of thiazole rings is 1. The zero-order chi connectivity index (χ0) is 20.1. The van der Waals surface area contributed by atoms with Gasteiger partial charge in [0.2, 0.25) is 0 Å². The van der Waals surface area contributed by atoms with E-state index in [4.69, 9.17) is 4.98 Å². The second-order valence-corrected chi connectivity index (χ2v) is 8.87. The molecule has 29 heavy (non-hydrogen) atoms. The van der Waals surface area contributed by atoms with Gasteiger partial charge in [-0.25, -0.2) is 9.97 Å². The van der Waals surface area contributed by atoms with E-state index in [0.29, 0.717) is 0 Å². The molecule has 0 aliphatic carbocycles. The summed E-state index contributed by atoms with van der Waals surface area (Å²) in [5.41, 5.74) is 4.95. The summed E-state index contributed by atoms with van der Waals surface area (Å²) < 4.78 is 0. The molecular formula is C23H31N5S. The highest BCUT2D eigenvalue weighted by molar-refractivity contribution is 7.13. The van der Waals surface area contributed by atoms with E-state index in [-0.39, 0.29) is 5.41 Å². The molecule has 6 heteroatoms. The van der Waals surface area contributed by atoms with Crippen LogP contribution < -0.4 is 5.32 Å². The van der Waals surface area contributed by atoms with Gasteiger partial charge >= 0.3 is 0 Å². The van der Waals surface area contributed by atoms with Crippen LogP contribution in [-0.2, 0) is 12.0 Å². The minimum atomic E-state index is -0.000431. The van der Waals surface area contributed by atoms with E-state index in [1.165, 1.54) is 29.8 Å². The lowest BCUT2D eigenvalue weighted by atomic mass is 9.70. The Bertz CT molecular complexity index is 893. The number of hydrogen-bond acceptors (Lipinski definition) is 5. The first kappa shape index (κ1) is 20.1. The van der Waals surface area contributed by atoms with E-state index in [0.717, 1.165) is 49.8 Å². The Morgan fingerprint density at radius 3 is 2.69 bits per heavy atom. The number of piperidine rings is 1. The fraction of sp³-hybridized carbons (Fsp3) is 0.478. The fourth-order valence-corrected chi connectivity index (χ4v) is 5.09. The molecule has 5 nitrogen and oxygen atoms in total. The standard InChI is InChI=1S/C23H31N5S/c1-3-4-12-24-22-27-21(16-29-22)23(19-8-6-5-7-9-19)10-13-28(14-11-23)15-20-18(2)25-17-26-20/h5-9,16-17H,3-4,10-15H2,1-2H3,(H,24,27)(H,25,26). The van der Waals surface area contributed by atoms with E-state index in [9.17, 15) is 0 Å². The lowest BCUT2D eigenvalue weighted by molar-refractivity contribution is 0.168. The van der Waals surface area contributed by atoms with Gasteiger partial charge in [0.05, 0.1) is 17.7 Å². The zero-order valence-electron chi connectivity index (χ0n) is 17.4. The number of likely N-dealkylation sites (tertiary alicyclic amines) is 1. The van der Waals surface area contributed by atoms with Gasteiger partial charge in [0, 0.05) is 29.6 Å². The van der Waals surface area contributed by atoms with Gasteiger partial charge in [-0.3, -0.25) is 4.90 Å². The van der Waals surface area contributed by atoms with Crippen molar-refractivity contribution in [2.75, 3.05) is 25.0 Å². The van der Waals surface area contributed by atoms with E-state index in [1.54, 1.807) is 17.7 Å². The van der Waals surface area contributed by atoms with E-state index in [1.807, 2.05) is 0 Å². The molecule has 1 saturated heterocycles. The molecule has 1 aliphatic heterocycles. The zero-order valence-corrected chi connectivity index (χ0v) is 18.3. The van der Waals surface area contributed by atoms with Crippen molar-refractivity contribution in [3.63, 3.8) is 0 Å². The molecule has 0 atom stereocenters. The average Bonchev–Trinajstić information content (AvgIpc) is 3.39. The van der Waals surface area contributed by atoms with Crippen LogP contribution in [0.15, 0.2) is 42.0 Å². The average molecular weight is 410 g/mol. The largest absolute Gasteiger partial charge is 0.362 e. The minimum Gasteiger partial charge on any atom is -0.362 e. The van der Waals surface area contributed by atoms with Crippen LogP contribution in [0.1, 0.15) is 55.3 Å². The first-order valence-electron chi connectivity index (χ1n) is 10.7. The normalized spacial score (nSPS) is 16.8. The molecule has 0 radical (unpaired) electrons. The first-order valence-corrected chi connectivity index (χ1v) is 11.6. The highest BCUT2D eigenvalue weighted by atomic mass is 32.1. The number of benzene rings is 1. The molecule has 154 valence electrons. The number of anilines is 1. The van der Waals surface area contributed by atoms with Crippen LogP contribution in [0.4, 0.5) is 5.13 Å². The molecule has 1 aromatic carbocycles. The van der Waals surface area contributed by atoms with Crippen molar-refractivity contribution < 1.29 is 0 Å². The predicted octanol–water partition coefficient (Wildman–Crippen LogP) is 4.97. The summed E-state index contributed by atoms with van der Waals surface area (Å²) >= 11 is 1.74. The Hall–Kier alpha value is -2.18. The number of H-pyrrole nitrogens is 1. The number of aromatic nitrogens is 3. The van der Waals surface area contributed by atoms with Gasteiger partial charge in [-0.2, -0.15) is 0 Å². The summed E-state index contributed by atoms with van der Waals surface area (Å²) in [5, 5.41) is 6.83. The third-order valence-electron chi connectivity index (χ3n) is 6.14. The first-order chi connectivity index (χ1) is 14.2. The lowest BCUT2D eigenvalue weighted by Crippen LogP contribution is -2.43. The summed E-state index contributed by atoms with van der Waals surface area (Å²) in [7, 11) is 0. The van der Waals surface area contributed by atoms with Crippen LogP contribution in [-0.4, -0.2) is 39.5 Å². The maximum atomic E-state index is 5.04. The van der Waals surface area contributed by atoms with Crippen LogP contribution in [0.5, 0.6) is 0 Å². The summed E-state index contributed by atoms with van der Waals surface area (Å²) in [5.74, 6) is 0. The van der Waals surface area contributed by atoms with Crippen LogP contribution in [0, 0.1) is 6.92 Å². The predicted molar refractivity (Wildman–Crippen MR) is 121 cm³/mol. The number of imidazole rings is 1. The summed E-state index contributed by atoms with van der Waals surface area (Å²) in [4.78, 5) is 15.2. The minimum absolute atomic E-state index is 0.000431. The van der Waals surface area contributed by atoms with Crippen LogP contribution in [0.2, 0.25) is 0 Å². The van der Waals surface area contributed by atoms with Crippen LogP contribution in [0.25, 0.3) is 0 Å². The van der Waals surface area contributed by atoms with Gasteiger partial charge in [-0.15, -0.1) is 11.3 Å². The van der Waals surface area contributed by atoms with Crippen molar-refractivity contribution >= 4 is 16.5 Å². The molecule has 2 aromatic heterocycles. The molecule has 2 N–H and O–H groups in total. The molecule has 4 rings (SSSR count). The maximum absolute atomic E-state index is 5.04. The third kappa shape index (κ3) is 4.38. The Morgan fingerprint density at radius 2 is 2.00 bits per heavy atom. The summed E-state index contributed by atoms with van der Waals surface area (Å²) in [6.07, 6.45) is 6.34. The number of nitrogens with one attached hydrogen (secondary N) is 2. The topological polar surface area (TPSA) is 56.8 Å². The Balaban J connectivity index is 1.53. The fourth-order valence-electron chi connectivity index (χ4n) is 4.25. The molecule has 3 heterocycles. The molecule has 1 aliphatic rings. The number of unbranched alkanes of at least 4 members (excludes halogenated alkanes) is 1. The number of nitrogens with zero attached hydrogens (tertiary/aromatic N) is 3. The van der Waals surface area contributed by atoms with Crippen LogP contribution in [0.3, 0.4) is 0 Å². The second-order valence-electron chi connectivity index (χ2n) is 8.02. The number of aryl methyl sites for hydroxylation is 1. The van der Waals surface area contributed by atoms with Crippen molar-refractivity contribution in [1.82, 2.24) is 19.9 Å². The summed E-state index contributed by atoms with van der Waals surface area (Å²) in [6.45, 7) is 8.34. The lowest BCUT2D eigenvalue weighted by Gasteiger charge is -2.41. The maximum Gasteiger partial charge on any atom is 0.182 e. The van der Waals surface area contributed by atoms with E-state index >= 15 is 0 Å². The van der Waals surface area contributed by atoms with Crippen molar-refractivity contribution in [3.8, 4) is 0 Å². The monoisotopic (exact) mass is 409 g/mol. The van der Waals surface area contributed by atoms with Gasteiger partial charge < -0.3 is 10.3 Å². The summed E-state index contributed by atoms with van der Waals surface area (Å²) in [6, 6.07) is 11.0. The molecule has 0 unspecified atom stereocenters. The SMILES string of the molecule is CCCCNc1nc(C2(c3ccccc3)CCN(Cc3nc[nH]c3C)CC2)cs1. The van der Waals surface area contributed by atoms with E-state index < -0.39 is 0 Å². The van der Waals surface area contributed by atoms with Gasteiger partial charge in [-0.05, 0) is 44.8 Å². The van der Waals surface area contributed by atoms with Crippen LogP contribution >= 0.6 is 11.3 Å². The molecule has 0 bridgehead atoms. The van der Waals surface area contributed by atoms with Gasteiger partial charge in [0.25, 0.3) is 0 Å². The van der Waals surface area contributed by atoms with Crippen molar-refractivity contribution in [2.24, 2.45) is 0 Å². The molecular weight excluding hydrogens is 378 g/mol. The molecule has 0 saturated carbocycles. The molecule has 0 amide bonds. The molecule has 3 aromatic rings. The van der Waals surface area contributed by atoms with Gasteiger partial charge in [0.1, 0.15) is 0 Å². The number of rotatable bonds is 8. The van der Waals surface area contributed by atoms with Crippen molar-refractivity contribution in [1.29, 1.82) is 0 Å². The second kappa shape index (κ2) is 9.09. The highest BCUT2D eigenvalue weighted by Gasteiger charge is 2.39. The molecule has 1 fully saturated rings. The highest BCUT2D eigenvalue weighted by Crippen LogP contribution is 2.42. The van der Waals surface area contributed by atoms with Crippen molar-refractivity contribution in [2.45, 2.75) is 51.5 Å². The Labute approximate surface area is 177 Å². The van der Waals surface area contributed by atoms with Gasteiger partial charge in [-0.1, -0.05) is 43.7 Å². The number of aromatic amines is 1. The Kier molecular flexibility index (Phi) is 6.31. The third-order valence-corrected chi connectivity index (χ3v) is 6.94. The van der Waals surface area contributed by atoms with Gasteiger partial charge in [0.15, 0.2) is 5.13 Å². The Morgan fingerprint density at radius 1 is 1.21 bits per heavy atom. The number of hydrogen-bond donors (Lipinski definition) is 2. The van der Waals surface area contributed by atoms with Crippen molar-refractivity contribution in [3.05, 3.63) is 64.7 Å². The quantitative estimate of drug-likeness (QED) is 0.516. The molecule has 0 spiro atoms.